The van der Waals surface area contributed by atoms with E-state index in [1.807, 2.05) is 73.7 Å². The van der Waals surface area contributed by atoms with Crippen molar-refractivity contribution in [3.05, 3.63) is 94.5 Å². The molecule has 3 aromatic rings. The lowest BCUT2D eigenvalue weighted by atomic mass is 9.76. The fraction of sp³-hybridized carbons (Fsp3) is 0.0952. The molecule has 116 valence electrons. The first kappa shape index (κ1) is 13.4. The first-order valence-corrected chi connectivity index (χ1v) is 7.92. The van der Waals surface area contributed by atoms with Crippen LogP contribution in [0.2, 0.25) is 0 Å². The molecule has 0 radical (unpaired) electrons. The number of esters is 1. The highest BCUT2D eigenvalue weighted by Crippen LogP contribution is 2.56. The molecular weight excluding hydrogens is 300 g/mol. The lowest BCUT2D eigenvalue weighted by Crippen LogP contribution is -2.33. The fourth-order valence-electron chi connectivity index (χ4n) is 3.88. The second kappa shape index (κ2) is 4.48. The number of para-hydroxylation sites is 1. The van der Waals surface area contributed by atoms with Crippen LogP contribution in [0.5, 0.6) is 11.5 Å². The molecule has 0 aromatic heterocycles. The number of hydrogen-bond donors (Lipinski definition) is 0. The number of benzene rings is 3. The molecule has 2 aliphatic heterocycles. The Morgan fingerprint density at radius 1 is 0.792 bits per heavy atom. The molecule has 2 heterocycles. The highest BCUT2D eigenvalue weighted by atomic mass is 16.6. The van der Waals surface area contributed by atoms with Crippen LogP contribution in [0.3, 0.4) is 0 Å². The van der Waals surface area contributed by atoms with E-state index >= 15 is 0 Å². The highest BCUT2D eigenvalue weighted by molar-refractivity contribution is 5.97. The number of hydrogen-bond acceptors (Lipinski definition) is 3. The minimum atomic E-state index is -0.941. The second-order valence-electron chi connectivity index (χ2n) is 6.16. The van der Waals surface area contributed by atoms with Gasteiger partial charge in [-0.15, -0.1) is 0 Å². The standard InChI is InChI=1S/C21H14O3/c1-13-7-6-12-18-19(13)21(16-10-4-5-11-17(16)23-18)15-9-3-2-8-14(15)20(22)24-21/h2-12H,1H3. The summed E-state index contributed by atoms with van der Waals surface area (Å²) in [4.78, 5) is 12.6. The average molecular weight is 314 g/mol. The first-order valence-electron chi connectivity index (χ1n) is 7.92. The first-order chi connectivity index (χ1) is 11.7. The van der Waals surface area contributed by atoms with Crippen molar-refractivity contribution in [3.8, 4) is 11.5 Å². The molecule has 0 N–H and O–H groups in total. The van der Waals surface area contributed by atoms with Gasteiger partial charge < -0.3 is 9.47 Å². The maximum Gasteiger partial charge on any atom is 0.340 e. The van der Waals surface area contributed by atoms with Crippen molar-refractivity contribution in [3.63, 3.8) is 0 Å². The van der Waals surface area contributed by atoms with Crippen LogP contribution in [-0.2, 0) is 10.3 Å². The number of rotatable bonds is 0. The Bertz CT molecular complexity index is 1010. The molecule has 0 fully saturated rings. The van der Waals surface area contributed by atoms with Crippen LogP contribution in [0.1, 0.15) is 32.6 Å². The third-order valence-corrected chi connectivity index (χ3v) is 4.84. The van der Waals surface area contributed by atoms with Gasteiger partial charge in [-0.1, -0.05) is 48.5 Å². The summed E-state index contributed by atoms with van der Waals surface area (Å²) >= 11 is 0. The van der Waals surface area contributed by atoms with E-state index in [0.717, 1.165) is 33.8 Å². The molecule has 1 spiro atoms. The SMILES string of the molecule is Cc1cccc2c1C1(OC(=O)c3ccccc31)c1ccccc1O2. The van der Waals surface area contributed by atoms with E-state index in [1.54, 1.807) is 0 Å². The monoisotopic (exact) mass is 314 g/mol. The summed E-state index contributed by atoms with van der Waals surface area (Å²) in [6.45, 7) is 2.02. The minimum absolute atomic E-state index is 0.295. The van der Waals surface area contributed by atoms with Crippen LogP contribution in [-0.4, -0.2) is 5.97 Å². The summed E-state index contributed by atoms with van der Waals surface area (Å²) in [6.07, 6.45) is 0. The van der Waals surface area contributed by atoms with Crippen molar-refractivity contribution in [2.24, 2.45) is 0 Å². The van der Waals surface area contributed by atoms with Crippen LogP contribution in [0.15, 0.2) is 66.7 Å². The van der Waals surface area contributed by atoms with Crippen LogP contribution < -0.4 is 4.74 Å². The van der Waals surface area contributed by atoms with E-state index in [-0.39, 0.29) is 5.97 Å². The van der Waals surface area contributed by atoms with Crippen LogP contribution in [0.4, 0.5) is 0 Å². The van der Waals surface area contributed by atoms with Crippen molar-refractivity contribution in [1.82, 2.24) is 0 Å². The number of carbonyl (C=O) groups is 1. The maximum absolute atomic E-state index is 12.6. The Morgan fingerprint density at radius 3 is 2.38 bits per heavy atom. The van der Waals surface area contributed by atoms with Crippen LogP contribution >= 0.6 is 0 Å². The van der Waals surface area contributed by atoms with Gasteiger partial charge >= 0.3 is 5.97 Å². The zero-order chi connectivity index (χ0) is 16.3. The van der Waals surface area contributed by atoms with Crippen molar-refractivity contribution in [2.45, 2.75) is 12.5 Å². The highest BCUT2D eigenvalue weighted by Gasteiger charge is 2.53. The normalized spacial score (nSPS) is 20.0. The number of aryl methyl sites for hydroxylation is 1. The summed E-state index contributed by atoms with van der Waals surface area (Å²) < 4.78 is 12.2. The number of ether oxygens (including phenoxy) is 2. The Balaban J connectivity index is 1.96. The van der Waals surface area contributed by atoms with E-state index in [9.17, 15) is 4.79 Å². The zero-order valence-corrected chi connectivity index (χ0v) is 13.1. The minimum Gasteiger partial charge on any atom is -0.456 e. The Hall–Kier alpha value is -3.07. The van der Waals surface area contributed by atoms with Crippen molar-refractivity contribution >= 4 is 5.97 Å². The maximum atomic E-state index is 12.6. The molecular formula is C21H14O3. The van der Waals surface area contributed by atoms with Gasteiger partial charge in [-0.25, -0.2) is 4.79 Å². The van der Waals surface area contributed by atoms with Gasteiger partial charge in [0.1, 0.15) is 11.5 Å². The van der Waals surface area contributed by atoms with Gasteiger partial charge in [-0.05, 0) is 30.7 Å². The molecule has 0 amide bonds. The molecule has 3 nitrogen and oxygen atoms in total. The quantitative estimate of drug-likeness (QED) is 0.571. The largest absolute Gasteiger partial charge is 0.456 e. The summed E-state index contributed by atoms with van der Waals surface area (Å²) in [5.41, 5.74) is 3.35. The van der Waals surface area contributed by atoms with Gasteiger partial charge in [0.05, 0.1) is 11.1 Å². The summed E-state index contributed by atoms with van der Waals surface area (Å²) in [5, 5.41) is 0. The van der Waals surface area contributed by atoms with E-state index in [4.69, 9.17) is 9.47 Å². The van der Waals surface area contributed by atoms with Gasteiger partial charge in [-0.3, -0.25) is 0 Å². The molecule has 24 heavy (non-hydrogen) atoms. The van der Waals surface area contributed by atoms with E-state index in [2.05, 4.69) is 0 Å². The summed E-state index contributed by atoms with van der Waals surface area (Å²) in [5.74, 6) is 1.16. The number of fused-ring (bicyclic) bond motifs is 6. The smallest absolute Gasteiger partial charge is 0.340 e. The van der Waals surface area contributed by atoms with E-state index in [1.165, 1.54) is 0 Å². The molecule has 5 rings (SSSR count). The molecule has 0 bridgehead atoms. The molecule has 0 aliphatic carbocycles. The van der Waals surface area contributed by atoms with Crippen molar-refractivity contribution in [2.75, 3.05) is 0 Å². The molecule has 2 aliphatic rings. The molecule has 1 atom stereocenters. The lowest BCUT2D eigenvalue weighted by Gasteiger charge is -2.37. The van der Waals surface area contributed by atoms with E-state index < -0.39 is 5.60 Å². The molecule has 3 aromatic carbocycles. The second-order valence-corrected chi connectivity index (χ2v) is 6.16. The van der Waals surface area contributed by atoms with Crippen molar-refractivity contribution < 1.29 is 14.3 Å². The van der Waals surface area contributed by atoms with Gasteiger partial charge in [-0.2, -0.15) is 0 Å². The molecule has 1 unspecified atom stereocenters. The topological polar surface area (TPSA) is 35.5 Å². The Labute approximate surface area is 139 Å². The Morgan fingerprint density at radius 2 is 1.50 bits per heavy atom. The summed E-state index contributed by atoms with van der Waals surface area (Å²) in [6, 6.07) is 21.3. The summed E-state index contributed by atoms with van der Waals surface area (Å²) in [7, 11) is 0. The average Bonchev–Trinajstić information content (AvgIpc) is 2.89. The van der Waals surface area contributed by atoms with Gasteiger partial charge in [0.2, 0.25) is 0 Å². The number of carbonyl (C=O) groups excluding carboxylic acids is 1. The Kier molecular flexibility index (Phi) is 2.50. The molecule has 0 saturated heterocycles. The van der Waals surface area contributed by atoms with Gasteiger partial charge in [0, 0.05) is 11.1 Å². The fourth-order valence-corrected chi connectivity index (χ4v) is 3.88. The van der Waals surface area contributed by atoms with Crippen LogP contribution in [0, 0.1) is 6.92 Å². The molecule has 3 heteroatoms. The van der Waals surface area contributed by atoms with Crippen molar-refractivity contribution in [1.29, 1.82) is 0 Å². The third kappa shape index (κ3) is 1.49. The zero-order valence-electron chi connectivity index (χ0n) is 13.1. The van der Waals surface area contributed by atoms with Crippen LogP contribution in [0.25, 0.3) is 0 Å². The van der Waals surface area contributed by atoms with E-state index in [0.29, 0.717) is 5.56 Å². The predicted octanol–water partition coefficient (Wildman–Crippen LogP) is 4.56. The third-order valence-electron chi connectivity index (χ3n) is 4.84. The molecule has 0 saturated carbocycles. The van der Waals surface area contributed by atoms with Gasteiger partial charge in [0.25, 0.3) is 0 Å². The lowest BCUT2D eigenvalue weighted by molar-refractivity contribution is 0.0222. The van der Waals surface area contributed by atoms with Gasteiger partial charge in [0.15, 0.2) is 5.60 Å². The predicted molar refractivity (Wildman–Crippen MR) is 89.4 cm³/mol.